The molecule has 3 heterocycles. The van der Waals surface area contributed by atoms with E-state index in [0.717, 1.165) is 99.2 Å². The summed E-state index contributed by atoms with van der Waals surface area (Å²) in [5.41, 5.74) is 4.45. The van der Waals surface area contributed by atoms with Gasteiger partial charge in [0.1, 0.15) is 17.3 Å². The van der Waals surface area contributed by atoms with Gasteiger partial charge < -0.3 is 23.8 Å². The molecule has 0 saturated carbocycles. The first kappa shape index (κ1) is 27.1. The van der Waals surface area contributed by atoms with Gasteiger partial charge in [-0.1, -0.05) is 36.4 Å². The first-order chi connectivity index (χ1) is 20.1. The number of likely N-dealkylation sites (tertiary alicyclic amines) is 1. The fraction of sp³-hybridized carbons (Fsp3) is 0.394. The molecule has 1 aromatic heterocycles. The van der Waals surface area contributed by atoms with Crippen molar-refractivity contribution >= 4 is 22.6 Å². The zero-order valence-corrected chi connectivity index (χ0v) is 24.0. The molecule has 3 aromatic carbocycles. The van der Waals surface area contributed by atoms with Crippen molar-refractivity contribution in [2.45, 2.75) is 25.9 Å². The number of carbonyl (C=O) groups is 1. The van der Waals surface area contributed by atoms with E-state index in [1.54, 1.807) is 14.2 Å². The standard InChI is InChI=1S/C33H39N5O3/c1-40-27-15-13-25(14-16-27)22-38-29-10-4-3-9-28(29)34-32(38)24-35-17-7-8-26(23-35)33(39)37-20-18-36(19-21-37)30-11-5-6-12-31(30)41-2/h3-6,9-16,26H,7-8,17-24H2,1-2H3/t26-/m1/s1. The minimum absolute atomic E-state index is 0.0287. The number of rotatable bonds is 8. The Bertz CT molecular complexity index is 1480. The van der Waals surface area contributed by atoms with Crippen molar-refractivity contribution in [3.63, 3.8) is 0 Å². The summed E-state index contributed by atoms with van der Waals surface area (Å²) in [6.45, 7) is 6.35. The summed E-state index contributed by atoms with van der Waals surface area (Å²) in [6.07, 6.45) is 1.97. The van der Waals surface area contributed by atoms with Crippen LogP contribution in [0, 0.1) is 5.92 Å². The molecule has 8 heteroatoms. The highest BCUT2D eigenvalue weighted by Crippen LogP contribution is 2.29. The Morgan fingerprint density at radius 1 is 0.854 bits per heavy atom. The molecule has 2 fully saturated rings. The van der Waals surface area contributed by atoms with Gasteiger partial charge in [0, 0.05) is 39.3 Å². The Kier molecular flexibility index (Phi) is 8.09. The average molecular weight is 554 g/mol. The minimum Gasteiger partial charge on any atom is -0.497 e. The molecule has 214 valence electrons. The van der Waals surface area contributed by atoms with Crippen LogP contribution in [0.25, 0.3) is 11.0 Å². The largest absolute Gasteiger partial charge is 0.497 e. The summed E-state index contributed by atoms with van der Waals surface area (Å²) >= 11 is 0. The van der Waals surface area contributed by atoms with Gasteiger partial charge in [-0.3, -0.25) is 9.69 Å². The fourth-order valence-corrected chi connectivity index (χ4v) is 6.25. The van der Waals surface area contributed by atoms with Crippen molar-refractivity contribution < 1.29 is 14.3 Å². The first-order valence-electron chi connectivity index (χ1n) is 14.6. The maximum atomic E-state index is 13.6. The molecule has 0 spiro atoms. The highest BCUT2D eigenvalue weighted by molar-refractivity contribution is 5.79. The van der Waals surface area contributed by atoms with Crippen LogP contribution in [0.5, 0.6) is 11.5 Å². The minimum atomic E-state index is 0.0287. The van der Waals surface area contributed by atoms with Gasteiger partial charge in [-0.25, -0.2) is 4.98 Å². The van der Waals surface area contributed by atoms with Gasteiger partial charge in [0.15, 0.2) is 0 Å². The predicted octanol–water partition coefficient (Wildman–Crippen LogP) is 4.66. The number of piperazine rings is 1. The third kappa shape index (κ3) is 5.88. The van der Waals surface area contributed by atoms with Crippen LogP contribution in [0.4, 0.5) is 5.69 Å². The number of para-hydroxylation sites is 4. The topological polar surface area (TPSA) is 63.1 Å². The number of anilines is 1. The lowest BCUT2D eigenvalue weighted by atomic mass is 9.96. The lowest BCUT2D eigenvalue weighted by Gasteiger charge is -2.40. The van der Waals surface area contributed by atoms with Crippen LogP contribution in [-0.2, 0) is 17.9 Å². The lowest BCUT2D eigenvalue weighted by molar-refractivity contribution is -0.137. The summed E-state index contributed by atoms with van der Waals surface area (Å²) in [5, 5.41) is 0. The number of piperidine rings is 1. The number of fused-ring (bicyclic) bond motifs is 1. The molecule has 1 atom stereocenters. The smallest absolute Gasteiger partial charge is 0.227 e. The normalized spacial score (nSPS) is 18.0. The summed E-state index contributed by atoms with van der Waals surface area (Å²) in [5.74, 6) is 3.10. The summed E-state index contributed by atoms with van der Waals surface area (Å²) in [6, 6.07) is 24.7. The molecule has 2 saturated heterocycles. The molecule has 0 unspecified atom stereocenters. The molecule has 0 bridgehead atoms. The van der Waals surface area contributed by atoms with Gasteiger partial charge >= 0.3 is 0 Å². The molecule has 41 heavy (non-hydrogen) atoms. The molecule has 0 N–H and O–H groups in total. The van der Waals surface area contributed by atoms with E-state index in [-0.39, 0.29) is 5.92 Å². The van der Waals surface area contributed by atoms with Gasteiger partial charge in [-0.05, 0) is 61.3 Å². The average Bonchev–Trinajstić information content (AvgIpc) is 3.37. The van der Waals surface area contributed by atoms with E-state index in [1.807, 2.05) is 36.4 Å². The van der Waals surface area contributed by atoms with Crippen LogP contribution in [-0.4, -0.2) is 78.7 Å². The maximum Gasteiger partial charge on any atom is 0.227 e. The van der Waals surface area contributed by atoms with E-state index in [1.165, 1.54) is 5.56 Å². The van der Waals surface area contributed by atoms with E-state index < -0.39 is 0 Å². The second-order valence-corrected chi connectivity index (χ2v) is 11.0. The third-order valence-corrected chi connectivity index (χ3v) is 8.47. The summed E-state index contributed by atoms with van der Waals surface area (Å²) < 4.78 is 13.2. The number of aromatic nitrogens is 2. The van der Waals surface area contributed by atoms with Gasteiger partial charge in [0.2, 0.25) is 5.91 Å². The van der Waals surface area contributed by atoms with Gasteiger partial charge in [-0.2, -0.15) is 0 Å². The molecule has 1 amide bonds. The van der Waals surface area contributed by atoms with E-state index in [2.05, 4.69) is 55.7 Å². The Balaban J connectivity index is 1.12. The number of benzene rings is 3. The number of hydrogen-bond donors (Lipinski definition) is 0. The molecule has 2 aliphatic heterocycles. The third-order valence-electron chi connectivity index (χ3n) is 8.47. The van der Waals surface area contributed by atoms with Crippen LogP contribution in [0.3, 0.4) is 0 Å². The van der Waals surface area contributed by atoms with E-state index in [9.17, 15) is 4.79 Å². The van der Waals surface area contributed by atoms with Gasteiger partial charge in [0.25, 0.3) is 0 Å². The number of methoxy groups -OCH3 is 2. The second kappa shape index (κ2) is 12.2. The quantitative estimate of drug-likeness (QED) is 0.316. The zero-order chi connectivity index (χ0) is 28.2. The second-order valence-electron chi connectivity index (χ2n) is 11.0. The first-order valence-corrected chi connectivity index (χ1v) is 14.6. The fourth-order valence-electron chi connectivity index (χ4n) is 6.25. The van der Waals surface area contributed by atoms with Crippen LogP contribution in [0.15, 0.2) is 72.8 Å². The number of amides is 1. The van der Waals surface area contributed by atoms with Crippen LogP contribution in [0.1, 0.15) is 24.2 Å². The van der Waals surface area contributed by atoms with Gasteiger partial charge in [-0.15, -0.1) is 0 Å². The van der Waals surface area contributed by atoms with Crippen LogP contribution < -0.4 is 14.4 Å². The SMILES string of the molecule is COc1ccc(Cn2c(CN3CCC[C@@H](C(=O)N4CCN(c5ccccc5OC)CC4)C3)nc3ccccc32)cc1. The number of imidazole rings is 1. The molecule has 4 aromatic rings. The Morgan fingerprint density at radius 3 is 2.39 bits per heavy atom. The van der Waals surface area contributed by atoms with Crippen molar-refractivity contribution in [1.82, 2.24) is 19.4 Å². The number of carbonyl (C=O) groups excluding carboxylic acids is 1. The van der Waals surface area contributed by atoms with Crippen LogP contribution >= 0.6 is 0 Å². The number of hydrogen-bond acceptors (Lipinski definition) is 6. The van der Waals surface area contributed by atoms with E-state index in [4.69, 9.17) is 14.5 Å². The summed E-state index contributed by atoms with van der Waals surface area (Å²) in [4.78, 5) is 25.5. The Labute approximate surface area is 242 Å². The Morgan fingerprint density at radius 2 is 1.61 bits per heavy atom. The monoisotopic (exact) mass is 553 g/mol. The molecular weight excluding hydrogens is 514 g/mol. The Hall–Kier alpha value is -4.04. The molecule has 0 aliphatic carbocycles. The molecule has 6 rings (SSSR count). The van der Waals surface area contributed by atoms with Crippen molar-refractivity contribution in [1.29, 1.82) is 0 Å². The van der Waals surface area contributed by atoms with Crippen LogP contribution in [0.2, 0.25) is 0 Å². The highest BCUT2D eigenvalue weighted by atomic mass is 16.5. The summed E-state index contributed by atoms with van der Waals surface area (Å²) in [7, 11) is 3.40. The molecule has 2 aliphatic rings. The van der Waals surface area contributed by atoms with Crippen molar-refractivity contribution in [2.75, 3.05) is 58.4 Å². The van der Waals surface area contributed by atoms with Gasteiger partial charge in [0.05, 0.1) is 43.4 Å². The van der Waals surface area contributed by atoms with E-state index >= 15 is 0 Å². The highest BCUT2D eigenvalue weighted by Gasteiger charge is 2.32. The molecular formula is C33H39N5O3. The lowest BCUT2D eigenvalue weighted by Crippen LogP contribution is -2.52. The van der Waals surface area contributed by atoms with E-state index in [0.29, 0.717) is 5.91 Å². The van der Waals surface area contributed by atoms with Crippen molar-refractivity contribution in [3.05, 3.63) is 84.2 Å². The molecule has 8 nitrogen and oxygen atoms in total. The molecule has 0 radical (unpaired) electrons. The zero-order valence-electron chi connectivity index (χ0n) is 24.0. The number of nitrogens with zero attached hydrogens (tertiary/aromatic N) is 5. The maximum absolute atomic E-state index is 13.6. The van der Waals surface area contributed by atoms with Crippen molar-refractivity contribution in [3.8, 4) is 11.5 Å². The number of ether oxygens (including phenoxy) is 2. The van der Waals surface area contributed by atoms with Crippen molar-refractivity contribution in [2.24, 2.45) is 5.92 Å². The predicted molar refractivity (Wildman–Crippen MR) is 162 cm³/mol.